The van der Waals surface area contributed by atoms with Gasteiger partial charge in [0, 0.05) is 26.3 Å². The van der Waals surface area contributed by atoms with Crippen LogP contribution < -0.4 is 14.2 Å². The number of esters is 3. The van der Waals surface area contributed by atoms with Gasteiger partial charge in [-0.1, -0.05) is 0 Å². The van der Waals surface area contributed by atoms with E-state index in [0.717, 1.165) is 0 Å². The third-order valence-electron chi connectivity index (χ3n) is 4.30. The number of hydrogen-bond acceptors (Lipinski definition) is 10. The van der Waals surface area contributed by atoms with Gasteiger partial charge in [0.2, 0.25) is 5.75 Å². The molecular weight excluding hydrogens is 412 g/mol. The van der Waals surface area contributed by atoms with Gasteiger partial charge in [0.05, 0.1) is 21.3 Å². The van der Waals surface area contributed by atoms with Crippen molar-refractivity contribution in [2.45, 2.75) is 39.1 Å². The average Bonchev–Trinajstić information content (AvgIpc) is 2.71. The smallest absolute Gasteiger partial charge is 0.307 e. The van der Waals surface area contributed by atoms with Crippen molar-refractivity contribution in [3.8, 4) is 17.2 Å². The molecule has 3 atom stereocenters. The molecule has 0 unspecified atom stereocenters. The van der Waals surface area contributed by atoms with Crippen molar-refractivity contribution >= 4 is 17.9 Å². The van der Waals surface area contributed by atoms with Gasteiger partial charge in [-0.05, 0) is 18.2 Å². The maximum atomic E-state index is 11.7. The lowest BCUT2D eigenvalue weighted by molar-refractivity contribution is -0.173. The molecule has 10 nitrogen and oxygen atoms in total. The van der Waals surface area contributed by atoms with Crippen molar-refractivity contribution < 1.29 is 47.5 Å². The highest BCUT2D eigenvalue weighted by Gasteiger charge is 2.40. The number of carbonyl (C=O) groups is 3. The second-order valence-electron chi connectivity index (χ2n) is 6.51. The number of ether oxygens (including phenoxy) is 7. The van der Waals surface area contributed by atoms with Crippen LogP contribution in [0, 0.1) is 0 Å². The van der Waals surface area contributed by atoms with Crippen LogP contribution in [0.2, 0.25) is 0 Å². The number of hydrogen-bond donors (Lipinski definition) is 0. The normalized spacial score (nSPS) is 20.2. The molecule has 1 heterocycles. The minimum Gasteiger partial charge on any atom is -0.493 e. The van der Waals surface area contributed by atoms with Crippen LogP contribution in [-0.4, -0.2) is 58.1 Å². The summed E-state index contributed by atoms with van der Waals surface area (Å²) < 4.78 is 37.9. The Morgan fingerprint density at radius 3 is 2.10 bits per heavy atom. The molecule has 0 fully saturated rings. The summed E-state index contributed by atoms with van der Waals surface area (Å²) in [5.41, 5.74) is 0.527. The van der Waals surface area contributed by atoms with Gasteiger partial charge in [0.15, 0.2) is 17.6 Å². The summed E-state index contributed by atoms with van der Waals surface area (Å²) in [6, 6.07) is 3.36. The van der Waals surface area contributed by atoms with Crippen LogP contribution in [0.25, 0.3) is 0 Å². The van der Waals surface area contributed by atoms with Crippen LogP contribution >= 0.6 is 0 Å². The van der Waals surface area contributed by atoms with E-state index in [1.54, 1.807) is 12.1 Å². The summed E-state index contributed by atoms with van der Waals surface area (Å²) in [6.07, 6.45) is -1.36. The molecule has 31 heavy (non-hydrogen) atoms. The van der Waals surface area contributed by atoms with Gasteiger partial charge in [0.25, 0.3) is 0 Å². The van der Waals surface area contributed by atoms with Crippen LogP contribution in [0.3, 0.4) is 0 Å². The van der Waals surface area contributed by atoms with E-state index in [-0.39, 0.29) is 12.4 Å². The Balaban J connectivity index is 2.57. The van der Waals surface area contributed by atoms with Gasteiger partial charge in [-0.15, -0.1) is 0 Å². The summed E-state index contributed by atoms with van der Waals surface area (Å²) in [5, 5.41) is 0. The first-order chi connectivity index (χ1) is 14.7. The molecule has 1 aromatic carbocycles. The van der Waals surface area contributed by atoms with E-state index >= 15 is 0 Å². The lowest BCUT2D eigenvalue weighted by atomic mass is 10.00. The van der Waals surface area contributed by atoms with Crippen molar-refractivity contribution in [2.24, 2.45) is 0 Å². The fraction of sp³-hybridized carbons (Fsp3) is 0.476. The Bertz CT molecular complexity index is 860. The highest BCUT2D eigenvalue weighted by Crippen LogP contribution is 2.45. The maximum Gasteiger partial charge on any atom is 0.307 e. The fourth-order valence-electron chi connectivity index (χ4n) is 3.13. The van der Waals surface area contributed by atoms with Crippen molar-refractivity contribution in [1.29, 1.82) is 0 Å². The standard InChI is InChI=1S/C21H26O10/c1-11(22)28-10-18-20(30-13(3)24)17(29-12(2)23)9-16(31-18)14-7-8-15(25-4)21(27-6)19(14)26-5/h7-9,16,18,20H,10H2,1-6H3/t16-,18+,20-/m0/s1. The summed E-state index contributed by atoms with van der Waals surface area (Å²) in [6.45, 7) is 3.42. The van der Waals surface area contributed by atoms with Crippen LogP contribution in [0.5, 0.6) is 17.2 Å². The van der Waals surface area contributed by atoms with Crippen molar-refractivity contribution in [2.75, 3.05) is 27.9 Å². The molecule has 0 radical (unpaired) electrons. The minimum atomic E-state index is -1.09. The largest absolute Gasteiger partial charge is 0.493 e. The third kappa shape index (κ3) is 5.88. The van der Waals surface area contributed by atoms with Crippen molar-refractivity contribution in [1.82, 2.24) is 0 Å². The Morgan fingerprint density at radius 2 is 1.58 bits per heavy atom. The molecule has 0 saturated carbocycles. The first-order valence-corrected chi connectivity index (χ1v) is 9.36. The molecule has 0 aliphatic carbocycles. The van der Waals surface area contributed by atoms with Gasteiger partial charge < -0.3 is 33.2 Å². The molecule has 1 aromatic rings. The Hall–Kier alpha value is -3.27. The summed E-state index contributed by atoms with van der Waals surface area (Å²) in [5.74, 6) is -0.620. The van der Waals surface area contributed by atoms with E-state index in [1.165, 1.54) is 48.2 Å². The fourth-order valence-corrected chi connectivity index (χ4v) is 3.13. The molecule has 0 N–H and O–H groups in total. The topological polar surface area (TPSA) is 116 Å². The lowest BCUT2D eigenvalue weighted by Gasteiger charge is -2.35. The lowest BCUT2D eigenvalue weighted by Crippen LogP contribution is -2.43. The number of rotatable bonds is 8. The molecule has 10 heteroatoms. The summed E-state index contributed by atoms with van der Waals surface area (Å²) in [4.78, 5) is 34.6. The quantitative estimate of drug-likeness (QED) is 0.441. The predicted molar refractivity (Wildman–Crippen MR) is 106 cm³/mol. The highest BCUT2D eigenvalue weighted by atomic mass is 16.6. The van der Waals surface area contributed by atoms with Gasteiger partial charge in [-0.2, -0.15) is 0 Å². The van der Waals surface area contributed by atoms with Crippen LogP contribution in [0.4, 0.5) is 0 Å². The minimum absolute atomic E-state index is 0.0490. The van der Waals surface area contributed by atoms with E-state index in [2.05, 4.69) is 0 Å². The number of benzene rings is 1. The van der Waals surface area contributed by atoms with Crippen LogP contribution in [0.1, 0.15) is 32.4 Å². The second kappa shape index (κ2) is 10.7. The first kappa shape index (κ1) is 24.0. The SMILES string of the molecule is COc1ccc([C@@H]2C=C(OC(C)=O)[C@H](OC(C)=O)[C@@H](COC(C)=O)O2)c(OC)c1OC. The molecule has 1 aliphatic rings. The first-order valence-electron chi connectivity index (χ1n) is 9.36. The van der Waals surface area contributed by atoms with Crippen LogP contribution in [-0.2, 0) is 33.3 Å². The predicted octanol–water partition coefficient (Wildman–Crippen LogP) is 2.09. The Morgan fingerprint density at radius 1 is 0.903 bits per heavy atom. The monoisotopic (exact) mass is 438 g/mol. The molecule has 0 saturated heterocycles. The Labute approximate surface area is 179 Å². The molecule has 2 rings (SSSR count). The zero-order chi connectivity index (χ0) is 23.1. The third-order valence-corrected chi connectivity index (χ3v) is 4.30. The van der Waals surface area contributed by atoms with E-state index in [4.69, 9.17) is 33.2 Å². The molecule has 0 spiro atoms. The zero-order valence-corrected chi connectivity index (χ0v) is 18.3. The number of carbonyl (C=O) groups excluding carboxylic acids is 3. The van der Waals surface area contributed by atoms with Crippen LogP contribution in [0.15, 0.2) is 24.0 Å². The van der Waals surface area contributed by atoms with Gasteiger partial charge in [-0.3, -0.25) is 14.4 Å². The molecular formula is C21H26O10. The van der Waals surface area contributed by atoms with E-state index < -0.39 is 36.2 Å². The molecule has 0 bridgehead atoms. The molecule has 0 aromatic heterocycles. The number of methoxy groups -OCH3 is 3. The highest BCUT2D eigenvalue weighted by molar-refractivity contribution is 5.69. The average molecular weight is 438 g/mol. The summed E-state index contributed by atoms with van der Waals surface area (Å²) >= 11 is 0. The maximum absolute atomic E-state index is 11.7. The Kier molecular flexibility index (Phi) is 8.26. The van der Waals surface area contributed by atoms with Gasteiger partial charge in [-0.25, -0.2) is 0 Å². The zero-order valence-electron chi connectivity index (χ0n) is 18.3. The van der Waals surface area contributed by atoms with Gasteiger partial charge in [0.1, 0.15) is 24.6 Å². The van der Waals surface area contributed by atoms with Gasteiger partial charge >= 0.3 is 17.9 Å². The van der Waals surface area contributed by atoms with E-state index in [0.29, 0.717) is 22.8 Å². The van der Waals surface area contributed by atoms with E-state index in [9.17, 15) is 14.4 Å². The van der Waals surface area contributed by atoms with E-state index in [1.807, 2.05) is 0 Å². The van der Waals surface area contributed by atoms with Crippen molar-refractivity contribution in [3.63, 3.8) is 0 Å². The second-order valence-corrected chi connectivity index (χ2v) is 6.51. The molecule has 0 amide bonds. The molecule has 1 aliphatic heterocycles. The molecule has 170 valence electrons. The van der Waals surface area contributed by atoms with Crippen molar-refractivity contribution in [3.05, 3.63) is 29.5 Å². The summed E-state index contributed by atoms with van der Waals surface area (Å²) in [7, 11) is 4.41.